The number of likely N-dealkylation sites (N-methyl/N-ethyl adjacent to an activating group) is 1. The standard InChI is InChI=1S/C8H17NO3.C8H17NO2.C5H9NO3.C4H9N3O2.C3H7N3O2/c1-5(2)3-6(9)7(10)4-8(11)12;1-6(2)3-7(5-9)4-8(10)11;6-3-4(7)1-2-5(8)9;1-7(4(5)6)2-3(8)9;4-3(5)6-1-2(7)8/h5-7,10H,3-4,9H2,1-2H3,(H,11,12);6-7H,3-5,9H2,1-2H3,(H,10,11);1-3,6H2,(H,8,9);2H2,1H3,(H4,5,6,8,9);1H2,(H,7,8)(H4,4,5,6)/p+1. The van der Waals surface area contributed by atoms with Gasteiger partial charge in [0, 0.05) is 18.9 Å². The molecular formula is C28H60N9O12+. The van der Waals surface area contributed by atoms with E-state index in [0.717, 1.165) is 6.42 Å². The number of Topliss-reactive ketones (excluding diaryl/α,β-unsaturated/α-hetero) is 1. The van der Waals surface area contributed by atoms with E-state index in [1.54, 1.807) is 0 Å². The second-order valence-electron chi connectivity index (χ2n) is 11.2. The molecule has 0 amide bonds. The van der Waals surface area contributed by atoms with Crippen LogP contribution in [0.2, 0.25) is 0 Å². The highest BCUT2D eigenvalue weighted by Crippen LogP contribution is 2.13. The van der Waals surface area contributed by atoms with Gasteiger partial charge in [-0.3, -0.25) is 40.0 Å². The fourth-order valence-corrected chi connectivity index (χ4v) is 3.01. The molecule has 21 heteroatoms. The van der Waals surface area contributed by atoms with Gasteiger partial charge in [-0.15, -0.1) is 0 Å². The Bertz CT molecular complexity index is 1030. The summed E-state index contributed by atoms with van der Waals surface area (Å²) < 4.78 is 1.24. The van der Waals surface area contributed by atoms with Crippen molar-refractivity contribution in [3.05, 3.63) is 0 Å². The number of aliphatic hydroxyl groups excluding tert-OH is 1. The van der Waals surface area contributed by atoms with Gasteiger partial charge in [0.05, 0.1) is 32.5 Å². The zero-order valence-corrected chi connectivity index (χ0v) is 29.0. The average Bonchev–Trinajstić information content (AvgIpc) is 2.94. The normalized spacial score (nSPS) is 11.5. The highest BCUT2D eigenvalue weighted by atomic mass is 16.4. The van der Waals surface area contributed by atoms with Gasteiger partial charge in [0.2, 0.25) is 0 Å². The summed E-state index contributed by atoms with van der Waals surface area (Å²) in [5, 5.41) is 50.2. The number of hydrogen-bond donors (Lipinski definition) is 13. The molecule has 3 unspecified atom stereocenters. The van der Waals surface area contributed by atoms with E-state index in [9.17, 15) is 33.9 Å². The summed E-state index contributed by atoms with van der Waals surface area (Å²) in [5.41, 5.74) is 35.6. The quantitative estimate of drug-likeness (QED) is 0.0382. The molecule has 0 aromatic heterocycles. The van der Waals surface area contributed by atoms with Crippen LogP contribution in [0.25, 0.3) is 0 Å². The summed E-state index contributed by atoms with van der Waals surface area (Å²) in [6.07, 6.45) is 0.492. The van der Waals surface area contributed by atoms with E-state index in [-0.39, 0.29) is 68.9 Å². The Morgan fingerprint density at radius 2 is 1.16 bits per heavy atom. The van der Waals surface area contributed by atoms with Crippen molar-refractivity contribution in [1.29, 1.82) is 0 Å². The lowest BCUT2D eigenvalue weighted by molar-refractivity contribution is -0.489. The van der Waals surface area contributed by atoms with E-state index in [4.69, 9.17) is 65.7 Å². The van der Waals surface area contributed by atoms with Crippen LogP contribution in [0.3, 0.4) is 0 Å². The summed E-state index contributed by atoms with van der Waals surface area (Å²) in [6, 6.07) is -0.430. The number of aliphatic hydroxyl groups is 1. The molecule has 0 fully saturated rings. The topological polar surface area (TPSA) is 421 Å². The van der Waals surface area contributed by atoms with Crippen LogP contribution in [0, 0.1) is 17.8 Å². The third-order valence-electron chi connectivity index (χ3n) is 5.28. The van der Waals surface area contributed by atoms with E-state index in [1.807, 2.05) is 13.8 Å². The number of aliphatic carboxylic acids is 5. The average molecular weight is 715 g/mol. The first-order chi connectivity index (χ1) is 22.3. The van der Waals surface area contributed by atoms with Gasteiger partial charge in [-0.25, -0.2) is 9.79 Å². The maximum atomic E-state index is 10.3. The van der Waals surface area contributed by atoms with Gasteiger partial charge in [-0.2, -0.15) is 0 Å². The maximum absolute atomic E-state index is 10.3. The lowest BCUT2D eigenvalue weighted by Crippen LogP contribution is -2.37. The van der Waals surface area contributed by atoms with Gasteiger partial charge in [-0.05, 0) is 37.1 Å². The zero-order chi connectivity index (χ0) is 39.9. The van der Waals surface area contributed by atoms with Gasteiger partial charge in [0.15, 0.2) is 12.5 Å². The van der Waals surface area contributed by atoms with Gasteiger partial charge in [-0.1, -0.05) is 27.7 Å². The van der Waals surface area contributed by atoms with Gasteiger partial charge in [0.25, 0.3) is 0 Å². The number of rotatable bonds is 18. The number of aliphatic imine (C=N–C) groups is 1. The summed E-state index contributed by atoms with van der Waals surface area (Å²) in [4.78, 5) is 63.5. The predicted octanol–water partition coefficient (Wildman–Crippen LogP) is -3.01. The molecule has 0 aromatic carbocycles. The van der Waals surface area contributed by atoms with Crippen molar-refractivity contribution in [2.75, 3.05) is 33.2 Å². The van der Waals surface area contributed by atoms with Crippen LogP contribution < -0.4 is 40.1 Å². The minimum atomic E-state index is -1.04. The Hall–Kier alpha value is -4.60. The molecule has 21 nitrogen and oxygen atoms in total. The molecule has 3 atom stereocenters. The monoisotopic (exact) mass is 714 g/mol. The minimum Gasteiger partial charge on any atom is -0.481 e. The highest BCUT2D eigenvalue weighted by Gasteiger charge is 2.18. The van der Waals surface area contributed by atoms with Crippen LogP contribution in [0.1, 0.15) is 66.2 Å². The number of ketones is 1. The van der Waals surface area contributed by atoms with Crippen molar-refractivity contribution in [3.8, 4) is 0 Å². The Morgan fingerprint density at radius 3 is 1.41 bits per heavy atom. The lowest BCUT2D eigenvalue weighted by Gasteiger charge is -2.18. The number of nitrogens with two attached hydrogens (primary N) is 7. The van der Waals surface area contributed by atoms with E-state index < -0.39 is 42.0 Å². The van der Waals surface area contributed by atoms with Gasteiger partial charge < -0.3 is 59.3 Å². The first-order valence-electron chi connectivity index (χ1n) is 14.9. The van der Waals surface area contributed by atoms with Crippen molar-refractivity contribution >= 4 is 47.5 Å². The van der Waals surface area contributed by atoms with Crippen molar-refractivity contribution < 1.29 is 64.0 Å². The van der Waals surface area contributed by atoms with Crippen LogP contribution in [0.15, 0.2) is 4.99 Å². The Morgan fingerprint density at radius 1 is 0.694 bits per heavy atom. The molecule has 0 saturated carbocycles. The minimum absolute atomic E-state index is 0.0115. The van der Waals surface area contributed by atoms with Crippen LogP contribution in [-0.2, 0) is 28.8 Å². The SMILES string of the molecule is CC(C)CC(CN)CC(=O)O.CC(C)CC(N)C(O)CC(=O)O.C[N+](CC(=O)O)=C(N)N.NC(N)=NCC(=O)O.NCC(=O)CCC(=O)O. The first-order valence-corrected chi connectivity index (χ1v) is 14.9. The Kier molecular flexibility index (Phi) is 36.6. The summed E-state index contributed by atoms with van der Waals surface area (Å²) in [5.74, 6) is -4.06. The number of nitrogens with zero attached hydrogens (tertiary/aromatic N) is 2. The Balaban J connectivity index is -0.000000166. The number of hydrogen-bond acceptors (Lipinski definition) is 11. The smallest absolute Gasteiger partial charge is 0.341 e. The van der Waals surface area contributed by atoms with Crippen molar-refractivity contribution in [2.24, 2.45) is 62.9 Å². The number of guanidine groups is 2. The molecule has 0 aliphatic rings. The van der Waals surface area contributed by atoms with E-state index in [0.29, 0.717) is 24.8 Å². The van der Waals surface area contributed by atoms with E-state index >= 15 is 0 Å². The van der Waals surface area contributed by atoms with Crippen molar-refractivity contribution in [1.82, 2.24) is 0 Å². The third-order valence-corrected chi connectivity index (χ3v) is 5.28. The highest BCUT2D eigenvalue weighted by molar-refractivity contribution is 5.83. The van der Waals surface area contributed by atoms with E-state index in [2.05, 4.69) is 18.8 Å². The number of carboxylic acid groups (broad SMARTS) is 5. The van der Waals surface area contributed by atoms with Gasteiger partial charge >= 0.3 is 35.8 Å². The van der Waals surface area contributed by atoms with Crippen LogP contribution in [0.5, 0.6) is 0 Å². The predicted molar refractivity (Wildman–Crippen MR) is 181 cm³/mol. The van der Waals surface area contributed by atoms with Crippen molar-refractivity contribution in [2.45, 2.75) is 78.4 Å². The molecular weight excluding hydrogens is 654 g/mol. The van der Waals surface area contributed by atoms with Crippen LogP contribution in [-0.4, -0.2) is 128 Å². The van der Waals surface area contributed by atoms with Crippen LogP contribution in [0.4, 0.5) is 0 Å². The molecule has 0 saturated heterocycles. The summed E-state index contributed by atoms with van der Waals surface area (Å²) in [7, 11) is 1.50. The van der Waals surface area contributed by atoms with Crippen LogP contribution >= 0.6 is 0 Å². The molecule has 49 heavy (non-hydrogen) atoms. The molecule has 0 aliphatic heterocycles. The number of carbonyl (C=O) groups is 6. The molecule has 0 aliphatic carbocycles. The fourth-order valence-electron chi connectivity index (χ4n) is 3.01. The van der Waals surface area contributed by atoms with Gasteiger partial charge in [0.1, 0.15) is 12.3 Å². The molecule has 0 heterocycles. The van der Waals surface area contributed by atoms with E-state index in [1.165, 1.54) is 11.6 Å². The second kappa shape index (κ2) is 33.3. The molecule has 0 bridgehead atoms. The summed E-state index contributed by atoms with van der Waals surface area (Å²) >= 11 is 0. The van der Waals surface area contributed by atoms with Crippen molar-refractivity contribution in [3.63, 3.8) is 0 Å². The maximum Gasteiger partial charge on any atom is 0.341 e. The fraction of sp³-hybridized carbons (Fsp3) is 0.714. The molecule has 0 rings (SSSR count). The molecule has 0 radical (unpaired) electrons. The zero-order valence-electron chi connectivity index (χ0n) is 29.0. The lowest BCUT2D eigenvalue weighted by atomic mass is 9.94. The first kappa shape index (κ1) is 53.9. The summed E-state index contributed by atoms with van der Waals surface area (Å²) in [6.45, 7) is 8.00. The third kappa shape index (κ3) is 53.2. The number of carbonyl (C=O) groups excluding carboxylic acids is 1. The molecule has 0 spiro atoms. The largest absolute Gasteiger partial charge is 0.481 e. The second-order valence-corrected chi connectivity index (χ2v) is 11.2. The molecule has 20 N–H and O–H groups in total. The molecule has 0 aromatic rings. The number of carboxylic acids is 5. The Labute approximate surface area is 286 Å². The molecule has 288 valence electrons.